The van der Waals surface area contributed by atoms with Crippen molar-refractivity contribution in [3.05, 3.63) is 0 Å². The van der Waals surface area contributed by atoms with Crippen LogP contribution in [0.3, 0.4) is 0 Å². The van der Waals surface area contributed by atoms with Crippen LogP contribution >= 0.6 is 11.8 Å². The van der Waals surface area contributed by atoms with Gasteiger partial charge in [0.05, 0.1) is 5.75 Å². The van der Waals surface area contributed by atoms with E-state index in [2.05, 4.69) is 12.2 Å². The number of hydrogen-bond acceptors (Lipinski definition) is 3. The number of carbonyl (C=O) groups is 1. The van der Waals surface area contributed by atoms with Gasteiger partial charge in [-0.1, -0.05) is 6.92 Å². The fraction of sp³-hybridized carbons (Fsp3) is 0.923. The Bertz CT molecular complexity index is 227. The summed E-state index contributed by atoms with van der Waals surface area (Å²) in [6, 6.07) is 0.620. The van der Waals surface area contributed by atoms with Crippen molar-refractivity contribution in [2.75, 3.05) is 31.1 Å². The van der Waals surface area contributed by atoms with E-state index < -0.39 is 0 Å². The zero-order valence-electron chi connectivity index (χ0n) is 11.4. The average Bonchev–Trinajstić information content (AvgIpc) is 3.13. The number of rotatable bonds is 9. The van der Waals surface area contributed by atoms with Gasteiger partial charge in [0.25, 0.3) is 0 Å². The summed E-state index contributed by atoms with van der Waals surface area (Å²) in [5, 5.41) is 3.53. The van der Waals surface area contributed by atoms with E-state index in [0.717, 1.165) is 31.3 Å². The van der Waals surface area contributed by atoms with E-state index in [1.807, 2.05) is 18.7 Å². The second kappa shape index (κ2) is 7.98. The first kappa shape index (κ1) is 14.8. The van der Waals surface area contributed by atoms with Gasteiger partial charge in [-0.15, -0.1) is 0 Å². The fourth-order valence-electron chi connectivity index (χ4n) is 2.06. The maximum Gasteiger partial charge on any atom is 0.232 e. The molecule has 0 heterocycles. The molecule has 17 heavy (non-hydrogen) atoms. The van der Waals surface area contributed by atoms with Crippen molar-refractivity contribution in [3.8, 4) is 0 Å². The van der Waals surface area contributed by atoms with Crippen molar-refractivity contribution in [2.45, 2.75) is 39.7 Å². The monoisotopic (exact) mass is 258 g/mol. The number of carbonyl (C=O) groups excluding carboxylic acids is 1. The Hall–Kier alpha value is -0.220. The smallest absolute Gasteiger partial charge is 0.232 e. The van der Waals surface area contributed by atoms with Crippen LogP contribution in [0.1, 0.15) is 33.6 Å². The summed E-state index contributed by atoms with van der Waals surface area (Å²) >= 11 is 1.78. The predicted molar refractivity (Wildman–Crippen MR) is 75.4 cm³/mol. The summed E-state index contributed by atoms with van der Waals surface area (Å²) in [7, 11) is 0. The molecule has 1 fully saturated rings. The molecule has 0 aromatic carbocycles. The van der Waals surface area contributed by atoms with Crippen molar-refractivity contribution in [1.29, 1.82) is 0 Å². The number of nitrogens with one attached hydrogen (secondary N) is 1. The summed E-state index contributed by atoms with van der Waals surface area (Å²) in [6.45, 7) is 8.92. The van der Waals surface area contributed by atoms with Gasteiger partial charge in [0.1, 0.15) is 0 Å². The third-order valence-corrected chi connectivity index (χ3v) is 4.34. The second-order valence-corrected chi connectivity index (χ2v) is 5.61. The molecule has 100 valence electrons. The Kier molecular flexibility index (Phi) is 6.97. The minimum atomic E-state index is 0.283. The topological polar surface area (TPSA) is 32.3 Å². The molecular weight excluding hydrogens is 232 g/mol. The lowest BCUT2D eigenvalue weighted by atomic mass is 10.2. The van der Waals surface area contributed by atoms with Crippen LogP contribution in [0.4, 0.5) is 0 Å². The lowest BCUT2D eigenvalue weighted by Gasteiger charge is -2.20. The molecule has 1 unspecified atom stereocenters. The van der Waals surface area contributed by atoms with Crippen LogP contribution in [-0.2, 0) is 4.79 Å². The van der Waals surface area contributed by atoms with Gasteiger partial charge in [-0.2, -0.15) is 11.8 Å². The Balaban J connectivity index is 2.18. The van der Waals surface area contributed by atoms with Crippen LogP contribution in [0.15, 0.2) is 0 Å². The van der Waals surface area contributed by atoms with Gasteiger partial charge in [0.15, 0.2) is 0 Å². The van der Waals surface area contributed by atoms with Crippen molar-refractivity contribution < 1.29 is 4.79 Å². The van der Waals surface area contributed by atoms with Gasteiger partial charge in [0.2, 0.25) is 5.91 Å². The fourth-order valence-corrected chi connectivity index (χ4v) is 3.18. The molecular formula is C13H26N2OS. The zero-order chi connectivity index (χ0) is 12.7. The number of nitrogens with zero attached hydrogens (tertiary/aromatic N) is 1. The highest BCUT2D eigenvalue weighted by molar-refractivity contribution is 7.99. The van der Waals surface area contributed by atoms with Crippen LogP contribution in [0.5, 0.6) is 0 Å². The first-order valence-electron chi connectivity index (χ1n) is 6.81. The van der Waals surface area contributed by atoms with Crippen molar-refractivity contribution >= 4 is 17.7 Å². The lowest BCUT2D eigenvalue weighted by molar-refractivity contribution is -0.127. The highest BCUT2D eigenvalue weighted by Gasteiger charge is 2.30. The Morgan fingerprint density at radius 2 is 2.00 bits per heavy atom. The molecule has 0 aliphatic heterocycles. The number of hydrogen-bond donors (Lipinski definition) is 1. The quantitative estimate of drug-likeness (QED) is 0.686. The molecule has 0 aromatic heterocycles. The minimum Gasteiger partial charge on any atom is -0.343 e. The minimum absolute atomic E-state index is 0.283. The van der Waals surface area contributed by atoms with Crippen LogP contribution in [0.2, 0.25) is 0 Å². The molecule has 1 N–H and O–H groups in total. The maximum absolute atomic E-state index is 11.8. The van der Waals surface area contributed by atoms with E-state index in [1.165, 1.54) is 12.8 Å². The molecule has 1 aliphatic carbocycles. The molecule has 0 bridgehead atoms. The molecule has 1 saturated carbocycles. The summed E-state index contributed by atoms with van der Waals surface area (Å²) in [5.41, 5.74) is 0. The third-order valence-electron chi connectivity index (χ3n) is 3.30. The maximum atomic E-state index is 11.8. The van der Waals surface area contributed by atoms with E-state index in [9.17, 15) is 4.79 Å². The highest BCUT2D eigenvalue weighted by atomic mass is 32.2. The molecule has 1 atom stereocenters. The Labute approximate surface area is 110 Å². The van der Waals surface area contributed by atoms with Gasteiger partial charge >= 0.3 is 0 Å². The van der Waals surface area contributed by atoms with Gasteiger partial charge < -0.3 is 10.2 Å². The Morgan fingerprint density at radius 3 is 2.47 bits per heavy atom. The van der Waals surface area contributed by atoms with E-state index in [1.54, 1.807) is 11.8 Å². The lowest BCUT2D eigenvalue weighted by Crippen LogP contribution is -2.35. The SMILES string of the molecule is CCNC(CSCC(=O)N(CC)CC)C1CC1. The largest absolute Gasteiger partial charge is 0.343 e. The summed E-state index contributed by atoms with van der Waals surface area (Å²) in [6.07, 6.45) is 2.73. The van der Waals surface area contributed by atoms with Gasteiger partial charge in [-0.3, -0.25) is 4.79 Å². The zero-order valence-corrected chi connectivity index (χ0v) is 12.2. The summed E-state index contributed by atoms with van der Waals surface area (Å²) < 4.78 is 0. The van der Waals surface area contributed by atoms with E-state index in [4.69, 9.17) is 0 Å². The molecule has 1 aliphatic rings. The first-order valence-corrected chi connectivity index (χ1v) is 7.97. The predicted octanol–water partition coefficient (Wildman–Crippen LogP) is 1.98. The molecule has 0 spiro atoms. The molecule has 0 radical (unpaired) electrons. The highest BCUT2D eigenvalue weighted by Crippen LogP contribution is 2.33. The molecule has 1 rings (SSSR count). The molecule has 0 aromatic rings. The third kappa shape index (κ3) is 5.30. The van der Waals surface area contributed by atoms with Crippen LogP contribution < -0.4 is 5.32 Å². The Morgan fingerprint density at radius 1 is 1.35 bits per heavy atom. The summed E-state index contributed by atoms with van der Waals surface area (Å²) in [5.74, 6) is 2.86. The van der Waals surface area contributed by atoms with Crippen molar-refractivity contribution in [1.82, 2.24) is 10.2 Å². The van der Waals surface area contributed by atoms with E-state index in [-0.39, 0.29) is 5.91 Å². The van der Waals surface area contributed by atoms with E-state index in [0.29, 0.717) is 11.8 Å². The van der Waals surface area contributed by atoms with Gasteiger partial charge in [-0.05, 0) is 39.2 Å². The number of thioether (sulfide) groups is 1. The van der Waals surface area contributed by atoms with Gasteiger partial charge in [-0.25, -0.2) is 0 Å². The van der Waals surface area contributed by atoms with E-state index >= 15 is 0 Å². The molecule has 0 saturated heterocycles. The molecule has 3 nitrogen and oxygen atoms in total. The normalized spacial score (nSPS) is 16.9. The van der Waals surface area contributed by atoms with Crippen LogP contribution in [0.25, 0.3) is 0 Å². The first-order chi connectivity index (χ1) is 8.22. The average molecular weight is 258 g/mol. The van der Waals surface area contributed by atoms with Gasteiger partial charge in [0, 0.05) is 24.9 Å². The number of amides is 1. The molecule has 4 heteroatoms. The standard InChI is InChI=1S/C13H26N2OS/c1-4-14-12(11-7-8-11)9-17-10-13(16)15(5-2)6-3/h11-12,14H,4-10H2,1-3H3. The second-order valence-electron chi connectivity index (χ2n) is 4.58. The van der Waals surface area contributed by atoms with Crippen LogP contribution in [0, 0.1) is 5.92 Å². The van der Waals surface area contributed by atoms with Crippen molar-refractivity contribution in [3.63, 3.8) is 0 Å². The summed E-state index contributed by atoms with van der Waals surface area (Å²) in [4.78, 5) is 13.7. The van der Waals surface area contributed by atoms with Crippen molar-refractivity contribution in [2.24, 2.45) is 5.92 Å². The molecule has 1 amide bonds. The van der Waals surface area contributed by atoms with Crippen LogP contribution in [-0.4, -0.2) is 48.0 Å².